The molecule has 0 saturated heterocycles. The second-order valence-electron chi connectivity index (χ2n) is 5.78. The average Bonchev–Trinajstić information content (AvgIpc) is 2.68. The first-order valence-corrected chi connectivity index (χ1v) is 10.1. The lowest BCUT2D eigenvalue weighted by atomic mass is 10.2. The number of sulfone groups is 1. The lowest BCUT2D eigenvalue weighted by molar-refractivity contribution is 0.102. The highest BCUT2D eigenvalue weighted by Crippen LogP contribution is 2.22. The van der Waals surface area contributed by atoms with Gasteiger partial charge in [0, 0.05) is 31.5 Å². The van der Waals surface area contributed by atoms with Crippen LogP contribution in [0, 0.1) is 5.82 Å². The van der Waals surface area contributed by atoms with Crippen LogP contribution in [-0.4, -0.2) is 54.1 Å². The molecule has 0 unspecified atom stereocenters. The van der Waals surface area contributed by atoms with E-state index in [1.54, 1.807) is 0 Å². The summed E-state index contributed by atoms with van der Waals surface area (Å²) in [6, 6.07) is 9.56. The lowest BCUT2D eigenvalue weighted by Gasteiger charge is -2.10. The third kappa shape index (κ3) is 6.01. The number of amides is 1. The quantitative estimate of drug-likeness (QED) is 0.604. The van der Waals surface area contributed by atoms with E-state index in [1.807, 2.05) is 0 Å². The SMILES string of the molecule is COCCOc1ccc(NC(=O)c2ccc(S(=O)(=O)CCOC)cc2)cc1F. The summed E-state index contributed by atoms with van der Waals surface area (Å²) in [4.78, 5) is 12.4. The van der Waals surface area contributed by atoms with E-state index in [4.69, 9.17) is 14.2 Å². The van der Waals surface area contributed by atoms with Crippen molar-refractivity contribution < 1.29 is 31.8 Å². The summed E-state index contributed by atoms with van der Waals surface area (Å²) in [5.74, 6) is -1.20. The van der Waals surface area contributed by atoms with Crippen molar-refractivity contribution in [1.29, 1.82) is 0 Å². The van der Waals surface area contributed by atoms with Gasteiger partial charge in [-0.2, -0.15) is 0 Å². The minimum atomic E-state index is -3.47. The van der Waals surface area contributed by atoms with E-state index >= 15 is 0 Å². The Morgan fingerprint density at radius 2 is 1.68 bits per heavy atom. The number of carbonyl (C=O) groups is 1. The molecule has 7 nitrogen and oxygen atoms in total. The van der Waals surface area contributed by atoms with Gasteiger partial charge in [0.1, 0.15) is 6.61 Å². The maximum atomic E-state index is 14.0. The normalized spacial score (nSPS) is 11.2. The fourth-order valence-electron chi connectivity index (χ4n) is 2.26. The Hall–Kier alpha value is -2.49. The molecule has 0 fully saturated rings. The van der Waals surface area contributed by atoms with Crippen molar-refractivity contribution >= 4 is 21.4 Å². The van der Waals surface area contributed by atoms with Crippen LogP contribution in [0.25, 0.3) is 0 Å². The fraction of sp³-hybridized carbons (Fsp3) is 0.316. The molecule has 2 aromatic carbocycles. The summed E-state index contributed by atoms with van der Waals surface area (Å²) in [6.07, 6.45) is 0. The summed E-state index contributed by atoms with van der Waals surface area (Å²) in [7, 11) is -0.539. The smallest absolute Gasteiger partial charge is 0.255 e. The van der Waals surface area contributed by atoms with Crippen LogP contribution >= 0.6 is 0 Å². The molecule has 28 heavy (non-hydrogen) atoms. The highest BCUT2D eigenvalue weighted by atomic mass is 32.2. The largest absolute Gasteiger partial charge is 0.488 e. The van der Waals surface area contributed by atoms with Crippen molar-refractivity contribution in [2.75, 3.05) is 45.1 Å². The van der Waals surface area contributed by atoms with Crippen LogP contribution in [0.1, 0.15) is 10.4 Å². The van der Waals surface area contributed by atoms with Gasteiger partial charge in [-0.3, -0.25) is 4.79 Å². The second kappa shape index (κ2) is 10.2. The van der Waals surface area contributed by atoms with Gasteiger partial charge < -0.3 is 19.5 Å². The zero-order valence-corrected chi connectivity index (χ0v) is 16.4. The first kappa shape index (κ1) is 21.8. The van der Waals surface area contributed by atoms with Crippen LogP contribution in [0.5, 0.6) is 5.75 Å². The van der Waals surface area contributed by atoms with Crippen LogP contribution in [-0.2, 0) is 19.3 Å². The third-order valence-electron chi connectivity index (χ3n) is 3.77. The van der Waals surface area contributed by atoms with Gasteiger partial charge in [0.05, 0.1) is 23.9 Å². The summed E-state index contributed by atoms with van der Waals surface area (Å²) in [5, 5.41) is 2.56. The van der Waals surface area contributed by atoms with Gasteiger partial charge in [0.2, 0.25) is 0 Å². The van der Waals surface area contributed by atoms with Crippen molar-refractivity contribution in [3.63, 3.8) is 0 Å². The predicted molar refractivity (Wildman–Crippen MR) is 102 cm³/mol. The van der Waals surface area contributed by atoms with E-state index < -0.39 is 21.6 Å². The Morgan fingerprint density at radius 3 is 2.29 bits per heavy atom. The second-order valence-corrected chi connectivity index (χ2v) is 7.89. The molecule has 0 spiro atoms. The molecular weight excluding hydrogens is 389 g/mol. The van der Waals surface area contributed by atoms with Gasteiger partial charge in [-0.15, -0.1) is 0 Å². The van der Waals surface area contributed by atoms with Gasteiger partial charge in [-0.05, 0) is 36.4 Å². The standard InChI is InChI=1S/C19H22FNO6S/c1-25-9-10-27-18-8-5-15(13-17(18)20)21-19(22)14-3-6-16(7-4-14)28(23,24)12-11-26-2/h3-8,13H,9-12H2,1-2H3,(H,21,22). The molecule has 1 amide bonds. The number of anilines is 1. The molecule has 9 heteroatoms. The Kier molecular flexibility index (Phi) is 7.91. The van der Waals surface area contributed by atoms with E-state index in [0.717, 1.165) is 6.07 Å². The molecule has 2 rings (SSSR count). The molecule has 0 radical (unpaired) electrons. The van der Waals surface area contributed by atoms with Gasteiger partial charge in [0.25, 0.3) is 5.91 Å². The van der Waals surface area contributed by atoms with E-state index in [-0.39, 0.29) is 40.9 Å². The van der Waals surface area contributed by atoms with Crippen LogP contribution in [0.15, 0.2) is 47.4 Å². The monoisotopic (exact) mass is 411 g/mol. The van der Waals surface area contributed by atoms with Gasteiger partial charge in [0.15, 0.2) is 21.4 Å². The summed E-state index contributed by atoms with van der Waals surface area (Å²) in [6.45, 7) is 0.620. The molecule has 152 valence electrons. The van der Waals surface area contributed by atoms with Crippen molar-refractivity contribution in [2.24, 2.45) is 0 Å². The molecule has 0 aromatic heterocycles. The van der Waals surface area contributed by atoms with Crippen LogP contribution in [0.4, 0.5) is 10.1 Å². The average molecular weight is 411 g/mol. The summed E-state index contributed by atoms with van der Waals surface area (Å²) >= 11 is 0. The van der Waals surface area contributed by atoms with Crippen molar-refractivity contribution in [3.8, 4) is 5.75 Å². The van der Waals surface area contributed by atoms with E-state index in [0.29, 0.717) is 6.61 Å². The molecular formula is C19H22FNO6S. The number of carbonyl (C=O) groups excluding carboxylic acids is 1. The van der Waals surface area contributed by atoms with E-state index in [9.17, 15) is 17.6 Å². The van der Waals surface area contributed by atoms with Gasteiger partial charge in [-0.25, -0.2) is 12.8 Å². The molecule has 0 aliphatic heterocycles. The molecule has 0 bridgehead atoms. The van der Waals surface area contributed by atoms with Gasteiger partial charge >= 0.3 is 0 Å². The topological polar surface area (TPSA) is 90.9 Å². The van der Waals surface area contributed by atoms with Crippen LogP contribution < -0.4 is 10.1 Å². The molecule has 0 aliphatic carbocycles. The maximum absolute atomic E-state index is 14.0. The van der Waals surface area contributed by atoms with Crippen LogP contribution in [0.2, 0.25) is 0 Å². The number of hydrogen-bond donors (Lipinski definition) is 1. The first-order valence-electron chi connectivity index (χ1n) is 8.42. The summed E-state index contributed by atoms with van der Waals surface area (Å²) in [5.41, 5.74) is 0.491. The molecule has 0 saturated carbocycles. The lowest BCUT2D eigenvalue weighted by Crippen LogP contribution is -2.14. The zero-order chi connectivity index (χ0) is 20.6. The Morgan fingerprint density at radius 1 is 1.00 bits per heavy atom. The zero-order valence-electron chi connectivity index (χ0n) is 15.6. The van der Waals surface area contributed by atoms with Crippen LogP contribution in [0.3, 0.4) is 0 Å². The first-order chi connectivity index (χ1) is 13.4. The van der Waals surface area contributed by atoms with E-state index in [1.165, 1.54) is 50.6 Å². The van der Waals surface area contributed by atoms with Crippen molar-refractivity contribution in [2.45, 2.75) is 4.90 Å². The minimum absolute atomic E-state index is 0.0562. The third-order valence-corrected chi connectivity index (χ3v) is 5.46. The highest BCUT2D eigenvalue weighted by molar-refractivity contribution is 7.91. The summed E-state index contributed by atoms with van der Waals surface area (Å²) < 4.78 is 53.0. The molecule has 0 aliphatic rings. The number of halogens is 1. The number of methoxy groups -OCH3 is 2. The van der Waals surface area contributed by atoms with E-state index in [2.05, 4.69) is 5.32 Å². The van der Waals surface area contributed by atoms with Crippen molar-refractivity contribution in [1.82, 2.24) is 0 Å². The maximum Gasteiger partial charge on any atom is 0.255 e. The minimum Gasteiger partial charge on any atom is -0.488 e. The predicted octanol–water partition coefficient (Wildman–Crippen LogP) is 2.52. The Bertz CT molecular complexity index is 899. The number of benzene rings is 2. The fourth-order valence-corrected chi connectivity index (χ4v) is 3.43. The Balaban J connectivity index is 2.04. The molecule has 0 heterocycles. The molecule has 2 aromatic rings. The molecule has 0 atom stereocenters. The molecule has 1 N–H and O–H groups in total. The highest BCUT2D eigenvalue weighted by Gasteiger charge is 2.15. The number of rotatable bonds is 10. The number of ether oxygens (including phenoxy) is 3. The van der Waals surface area contributed by atoms with Gasteiger partial charge in [-0.1, -0.05) is 0 Å². The van der Waals surface area contributed by atoms with Crippen molar-refractivity contribution in [3.05, 3.63) is 53.8 Å². The Labute approximate surface area is 163 Å². The number of nitrogens with one attached hydrogen (secondary N) is 1. The number of hydrogen-bond acceptors (Lipinski definition) is 6.